The average Bonchev–Trinajstić information content (AvgIpc) is 3.05. The molecule has 0 saturated carbocycles. The summed E-state index contributed by atoms with van der Waals surface area (Å²) >= 11 is 0. The van der Waals surface area contributed by atoms with E-state index in [1.165, 1.54) is 7.05 Å². The van der Waals surface area contributed by atoms with Crippen LogP contribution in [0.25, 0.3) is 11.1 Å². The molecule has 7 heteroatoms. The lowest BCUT2D eigenvalue weighted by Gasteiger charge is -2.25. The second-order valence-corrected chi connectivity index (χ2v) is 8.14. The molecule has 3 rings (SSSR count). The summed E-state index contributed by atoms with van der Waals surface area (Å²) in [5.74, 6) is -2.05. The number of fused-ring (bicyclic) bond motifs is 3. The van der Waals surface area contributed by atoms with Crippen LogP contribution >= 0.6 is 0 Å². The largest absolute Gasteiger partial charge is 0.480 e. The maximum Gasteiger partial charge on any atom is 0.407 e. The first-order valence-electron chi connectivity index (χ1n) is 10.3. The van der Waals surface area contributed by atoms with Crippen molar-refractivity contribution in [1.82, 2.24) is 10.2 Å². The van der Waals surface area contributed by atoms with Gasteiger partial charge in [0.2, 0.25) is 5.91 Å². The molecule has 0 heterocycles. The van der Waals surface area contributed by atoms with Gasteiger partial charge in [-0.15, -0.1) is 0 Å². The minimum atomic E-state index is -1.08. The van der Waals surface area contributed by atoms with Crippen molar-refractivity contribution in [1.29, 1.82) is 0 Å². The Balaban J connectivity index is 1.60. The molecule has 1 aliphatic carbocycles. The highest BCUT2D eigenvalue weighted by Crippen LogP contribution is 2.44. The zero-order valence-corrected chi connectivity index (χ0v) is 18.0. The van der Waals surface area contributed by atoms with Crippen LogP contribution in [0.1, 0.15) is 30.9 Å². The Hall–Kier alpha value is -3.35. The third-order valence-electron chi connectivity index (χ3n) is 5.68. The molecule has 2 aromatic carbocycles. The highest BCUT2D eigenvalue weighted by Gasteiger charge is 2.30. The van der Waals surface area contributed by atoms with Crippen LogP contribution in [0.2, 0.25) is 0 Å². The van der Waals surface area contributed by atoms with E-state index in [1.54, 1.807) is 0 Å². The lowest BCUT2D eigenvalue weighted by atomic mass is 9.94. The summed E-state index contributed by atoms with van der Waals surface area (Å²) in [5, 5.41) is 11.6. The number of ether oxygens (including phenoxy) is 1. The molecule has 164 valence electrons. The van der Waals surface area contributed by atoms with E-state index >= 15 is 0 Å². The fourth-order valence-corrected chi connectivity index (χ4v) is 4.01. The number of alkyl carbamates (subject to hydrolysis) is 1. The zero-order chi connectivity index (χ0) is 22.5. The van der Waals surface area contributed by atoms with E-state index in [4.69, 9.17) is 9.84 Å². The Morgan fingerprint density at radius 1 is 1.03 bits per heavy atom. The number of rotatable bonds is 8. The predicted octanol–water partition coefficient (Wildman–Crippen LogP) is 3.34. The van der Waals surface area contributed by atoms with E-state index in [1.807, 2.05) is 50.2 Å². The quantitative estimate of drug-likeness (QED) is 0.678. The molecule has 2 aromatic rings. The monoisotopic (exact) mass is 424 g/mol. The number of carbonyl (C=O) groups is 3. The number of carboxylic acids is 1. The van der Waals surface area contributed by atoms with Crippen molar-refractivity contribution < 1.29 is 24.2 Å². The van der Waals surface area contributed by atoms with E-state index in [2.05, 4.69) is 17.4 Å². The lowest BCUT2D eigenvalue weighted by Crippen LogP contribution is -2.44. The second kappa shape index (κ2) is 9.64. The fraction of sp³-hybridized carbons (Fsp3) is 0.375. The summed E-state index contributed by atoms with van der Waals surface area (Å²) < 4.78 is 5.51. The number of hydrogen-bond acceptors (Lipinski definition) is 4. The zero-order valence-electron chi connectivity index (χ0n) is 18.0. The minimum absolute atomic E-state index is 0.0395. The van der Waals surface area contributed by atoms with Crippen LogP contribution in [0.15, 0.2) is 48.5 Å². The van der Waals surface area contributed by atoms with Crippen LogP contribution in [-0.2, 0) is 14.3 Å². The maximum absolute atomic E-state index is 12.5. The van der Waals surface area contributed by atoms with Crippen LogP contribution in [-0.4, -0.2) is 54.7 Å². The molecule has 2 N–H and O–H groups in total. The number of likely N-dealkylation sites (N-methyl/N-ethyl adjacent to an activating group) is 1. The fourth-order valence-electron chi connectivity index (χ4n) is 4.01. The number of hydrogen-bond donors (Lipinski definition) is 2. The predicted molar refractivity (Wildman–Crippen MR) is 117 cm³/mol. The number of carboxylic acid groups (broad SMARTS) is 1. The highest BCUT2D eigenvalue weighted by molar-refractivity contribution is 5.83. The van der Waals surface area contributed by atoms with Crippen molar-refractivity contribution in [2.75, 3.05) is 26.7 Å². The van der Waals surface area contributed by atoms with Gasteiger partial charge in [0.25, 0.3) is 0 Å². The van der Waals surface area contributed by atoms with E-state index in [0.29, 0.717) is 0 Å². The molecule has 31 heavy (non-hydrogen) atoms. The van der Waals surface area contributed by atoms with Crippen molar-refractivity contribution >= 4 is 18.0 Å². The van der Waals surface area contributed by atoms with Gasteiger partial charge < -0.3 is 20.1 Å². The molecule has 0 saturated heterocycles. The van der Waals surface area contributed by atoms with Crippen molar-refractivity contribution in [3.05, 3.63) is 59.7 Å². The number of nitrogens with one attached hydrogen (secondary N) is 1. The molecule has 0 spiro atoms. The molecular weight excluding hydrogens is 396 g/mol. The Bertz CT molecular complexity index is 926. The molecule has 1 unspecified atom stereocenters. The van der Waals surface area contributed by atoms with E-state index in [9.17, 15) is 14.4 Å². The molecule has 7 nitrogen and oxygen atoms in total. The van der Waals surface area contributed by atoms with Gasteiger partial charge >= 0.3 is 12.1 Å². The van der Waals surface area contributed by atoms with Crippen LogP contribution in [0.3, 0.4) is 0 Å². The Morgan fingerprint density at radius 2 is 1.58 bits per heavy atom. The average molecular weight is 424 g/mol. The van der Waals surface area contributed by atoms with Crippen LogP contribution in [0.4, 0.5) is 4.79 Å². The lowest BCUT2D eigenvalue weighted by molar-refractivity contribution is -0.145. The van der Waals surface area contributed by atoms with Gasteiger partial charge in [0.15, 0.2) is 0 Å². The van der Waals surface area contributed by atoms with Gasteiger partial charge in [0.1, 0.15) is 13.2 Å². The topological polar surface area (TPSA) is 95.9 Å². The van der Waals surface area contributed by atoms with Gasteiger partial charge in [0.05, 0.1) is 5.92 Å². The molecule has 0 fully saturated rings. The minimum Gasteiger partial charge on any atom is -0.480 e. The van der Waals surface area contributed by atoms with Gasteiger partial charge in [-0.1, -0.05) is 62.4 Å². The van der Waals surface area contributed by atoms with E-state index in [0.717, 1.165) is 27.2 Å². The molecule has 2 amide bonds. The molecule has 1 aliphatic rings. The summed E-state index contributed by atoms with van der Waals surface area (Å²) in [7, 11) is 1.44. The van der Waals surface area contributed by atoms with Crippen molar-refractivity contribution in [2.24, 2.45) is 11.8 Å². The van der Waals surface area contributed by atoms with Crippen LogP contribution in [0, 0.1) is 11.8 Å². The van der Waals surface area contributed by atoms with Crippen molar-refractivity contribution in [3.8, 4) is 11.1 Å². The molecule has 0 aromatic heterocycles. The molecular formula is C24H28N2O5. The maximum atomic E-state index is 12.5. The Morgan fingerprint density at radius 3 is 2.10 bits per heavy atom. The van der Waals surface area contributed by atoms with Gasteiger partial charge in [-0.2, -0.15) is 0 Å². The van der Waals surface area contributed by atoms with Crippen LogP contribution < -0.4 is 5.32 Å². The first kappa shape index (κ1) is 22.3. The summed E-state index contributed by atoms with van der Waals surface area (Å²) in [6.07, 6.45) is -0.596. The smallest absolute Gasteiger partial charge is 0.407 e. The number of nitrogens with zero attached hydrogens (tertiary/aromatic N) is 1. The summed E-state index contributed by atoms with van der Waals surface area (Å²) in [4.78, 5) is 36.9. The summed E-state index contributed by atoms with van der Waals surface area (Å²) in [6.45, 7) is 3.61. The third kappa shape index (κ3) is 5.05. The standard InChI is InChI=1S/C24H28N2O5/c1-15(2)20(23(29)26(3)13-22(27)28)12-25-24(30)31-14-21-18-10-6-4-8-16(18)17-9-5-7-11-19(17)21/h4-11,15,20-21H,12-14H2,1-3H3,(H,25,30)(H,27,28). The van der Waals surface area contributed by atoms with Crippen molar-refractivity contribution in [3.63, 3.8) is 0 Å². The van der Waals surface area contributed by atoms with Gasteiger partial charge in [-0.3, -0.25) is 9.59 Å². The first-order valence-corrected chi connectivity index (χ1v) is 10.3. The van der Waals surface area contributed by atoms with Crippen LogP contribution in [0.5, 0.6) is 0 Å². The van der Waals surface area contributed by atoms with Gasteiger partial charge in [0, 0.05) is 19.5 Å². The molecule has 0 bridgehead atoms. The number of benzene rings is 2. The third-order valence-corrected chi connectivity index (χ3v) is 5.68. The van der Waals surface area contributed by atoms with Gasteiger partial charge in [-0.25, -0.2) is 4.79 Å². The number of carbonyl (C=O) groups excluding carboxylic acids is 2. The normalized spacial score (nSPS) is 13.3. The Kier molecular flexibility index (Phi) is 6.95. The summed E-state index contributed by atoms with van der Waals surface area (Å²) in [6, 6.07) is 16.2. The van der Waals surface area contributed by atoms with E-state index < -0.39 is 18.0 Å². The first-order chi connectivity index (χ1) is 14.8. The Labute approximate surface area is 182 Å². The van der Waals surface area contributed by atoms with Gasteiger partial charge in [-0.05, 0) is 28.2 Å². The number of aliphatic carboxylic acids is 1. The van der Waals surface area contributed by atoms with E-state index in [-0.39, 0.29) is 37.4 Å². The number of amides is 2. The molecule has 1 atom stereocenters. The van der Waals surface area contributed by atoms with Crippen molar-refractivity contribution in [2.45, 2.75) is 19.8 Å². The molecule has 0 radical (unpaired) electrons. The highest BCUT2D eigenvalue weighted by atomic mass is 16.5. The second-order valence-electron chi connectivity index (χ2n) is 8.14. The molecule has 0 aliphatic heterocycles. The summed E-state index contributed by atoms with van der Waals surface area (Å²) in [5.41, 5.74) is 4.56. The SMILES string of the molecule is CC(C)C(CNC(=O)OCC1c2ccccc2-c2ccccc21)C(=O)N(C)CC(=O)O.